The van der Waals surface area contributed by atoms with Gasteiger partial charge < -0.3 is 5.11 Å². The third kappa shape index (κ3) is 2.23. The highest BCUT2D eigenvalue weighted by molar-refractivity contribution is 4.90. The summed E-state index contributed by atoms with van der Waals surface area (Å²) in [6, 6.07) is 0.620. The van der Waals surface area contributed by atoms with E-state index in [1.54, 1.807) is 0 Å². The normalized spacial score (nSPS) is 32.8. The molecule has 1 saturated carbocycles. The van der Waals surface area contributed by atoms with Crippen molar-refractivity contribution in [3.63, 3.8) is 0 Å². The van der Waals surface area contributed by atoms with Crippen LogP contribution in [0.4, 0.5) is 0 Å². The maximum atomic E-state index is 9.45. The molecule has 0 aromatic rings. The predicted molar refractivity (Wildman–Crippen MR) is 55.4 cm³/mol. The number of hydrogen-bond donors (Lipinski definition) is 1. The fraction of sp³-hybridized carbons (Fsp3) is 1.00. The summed E-state index contributed by atoms with van der Waals surface area (Å²) in [5, 5.41) is 9.45. The van der Waals surface area contributed by atoms with Gasteiger partial charge in [-0.25, -0.2) is 0 Å². The average molecular weight is 185 g/mol. The van der Waals surface area contributed by atoms with Crippen molar-refractivity contribution in [3.8, 4) is 0 Å². The standard InChI is InChI=1S/C11H23NO/c1-5-8(2)10-6-7-11(10)12(4)9(3)13/h8-11,13H,5-7H2,1-4H3. The molecule has 0 aromatic heterocycles. The first-order valence-corrected chi connectivity index (χ1v) is 5.48. The van der Waals surface area contributed by atoms with Crippen molar-refractivity contribution < 1.29 is 5.11 Å². The SMILES string of the molecule is CCC(C)C1CCC1N(C)C(C)O. The lowest BCUT2D eigenvalue weighted by Crippen LogP contribution is -2.50. The van der Waals surface area contributed by atoms with Gasteiger partial charge in [0.05, 0.1) is 0 Å². The Morgan fingerprint density at radius 1 is 1.38 bits per heavy atom. The van der Waals surface area contributed by atoms with Crippen molar-refractivity contribution in [2.75, 3.05) is 7.05 Å². The highest BCUT2D eigenvalue weighted by Crippen LogP contribution is 2.38. The Hall–Kier alpha value is -0.0800. The van der Waals surface area contributed by atoms with E-state index in [2.05, 4.69) is 18.7 Å². The van der Waals surface area contributed by atoms with Crippen LogP contribution in [0.5, 0.6) is 0 Å². The Labute approximate surface area is 81.9 Å². The van der Waals surface area contributed by atoms with E-state index in [1.165, 1.54) is 19.3 Å². The van der Waals surface area contributed by atoms with E-state index in [0.717, 1.165) is 11.8 Å². The molecule has 13 heavy (non-hydrogen) atoms. The van der Waals surface area contributed by atoms with Crippen LogP contribution < -0.4 is 0 Å². The van der Waals surface area contributed by atoms with Crippen LogP contribution >= 0.6 is 0 Å². The Morgan fingerprint density at radius 2 is 2.00 bits per heavy atom. The highest BCUT2D eigenvalue weighted by Gasteiger charge is 2.37. The second kappa shape index (κ2) is 4.43. The minimum Gasteiger partial charge on any atom is -0.379 e. The summed E-state index contributed by atoms with van der Waals surface area (Å²) in [4.78, 5) is 2.11. The summed E-state index contributed by atoms with van der Waals surface area (Å²) >= 11 is 0. The van der Waals surface area contributed by atoms with Crippen molar-refractivity contribution >= 4 is 0 Å². The first-order valence-electron chi connectivity index (χ1n) is 5.48. The molecule has 1 aliphatic rings. The molecule has 2 nitrogen and oxygen atoms in total. The highest BCUT2D eigenvalue weighted by atomic mass is 16.3. The number of rotatable bonds is 4. The number of nitrogens with zero attached hydrogens (tertiary/aromatic N) is 1. The lowest BCUT2D eigenvalue weighted by atomic mass is 9.70. The number of aliphatic hydroxyl groups is 1. The molecule has 0 amide bonds. The monoisotopic (exact) mass is 185 g/mol. The van der Waals surface area contributed by atoms with Crippen LogP contribution in [0.3, 0.4) is 0 Å². The van der Waals surface area contributed by atoms with E-state index in [9.17, 15) is 5.11 Å². The number of aliphatic hydroxyl groups excluding tert-OH is 1. The van der Waals surface area contributed by atoms with E-state index >= 15 is 0 Å². The molecule has 0 bridgehead atoms. The first kappa shape index (κ1) is 11.0. The molecule has 0 aromatic carbocycles. The summed E-state index contributed by atoms with van der Waals surface area (Å²) in [7, 11) is 2.03. The van der Waals surface area contributed by atoms with Gasteiger partial charge in [-0.1, -0.05) is 20.3 Å². The van der Waals surface area contributed by atoms with Crippen molar-refractivity contribution in [3.05, 3.63) is 0 Å². The lowest BCUT2D eigenvalue weighted by Gasteiger charge is -2.46. The summed E-state index contributed by atoms with van der Waals surface area (Å²) < 4.78 is 0. The largest absolute Gasteiger partial charge is 0.379 e. The third-order valence-electron chi connectivity index (χ3n) is 3.78. The average Bonchev–Trinajstić information content (AvgIpc) is 2.01. The van der Waals surface area contributed by atoms with E-state index in [-0.39, 0.29) is 6.23 Å². The maximum Gasteiger partial charge on any atom is 0.104 e. The summed E-state index contributed by atoms with van der Waals surface area (Å²) in [6.45, 7) is 6.43. The maximum absolute atomic E-state index is 9.45. The van der Waals surface area contributed by atoms with Gasteiger partial charge in [-0.05, 0) is 38.6 Å². The molecule has 0 spiro atoms. The molecule has 2 heteroatoms. The quantitative estimate of drug-likeness (QED) is 0.678. The Balaban J connectivity index is 2.44. The van der Waals surface area contributed by atoms with Crippen LogP contribution in [-0.2, 0) is 0 Å². The van der Waals surface area contributed by atoms with E-state index < -0.39 is 0 Å². The molecule has 0 heterocycles. The second-order valence-electron chi connectivity index (χ2n) is 4.49. The van der Waals surface area contributed by atoms with Gasteiger partial charge in [0.2, 0.25) is 0 Å². The van der Waals surface area contributed by atoms with Crippen LogP contribution in [0, 0.1) is 11.8 Å². The molecule has 4 atom stereocenters. The van der Waals surface area contributed by atoms with Crippen molar-refractivity contribution in [1.82, 2.24) is 4.90 Å². The molecule has 1 fully saturated rings. The Bertz CT molecular complexity index is 158. The molecule has 1 N–H and O–H groups in total. The van der Waals surface area contributed by atoms with Crippen LogP contribution in [0.1, 0.15) is 40.0 Å². The van der Waals surface area contributed by atoms with Crippen molar-refractivity contribution in [2.24, 2.45) is 11.8 Å². The fourth-order valence-corrected chi connectivity index (χ4v) is 2.26. The summed E-state index contributed by atoms with van der Waals surface area (Å²) in [6.07, 6.45) is 3.57. The summed E-state index contributed by atoms with van der Waals surface area (Å²) in [5.74, 6) is 1.62. The van der Waals surface area contributed by atoms with Crippen molar-refractivity contribution in [1.29, 1.82) is 0 Å². The second-order valence-corrected chi connectivity index (χ2v) is 4.49. The van der Waals surface area contributed by atoms with Gasteiger partial charge in [0.1, 0.15) is 6.23 Å². The van der Waals surface area contributed by atoms with Crippen LogP contribution in [0.2, 0.25) is 0 Å². The predicted octanol–water partition coefficient (Wildman–Crippen LogP) is 2.08. The molecule has 0 aliphatic heterocycles. The zero-order chi connectivity index (χ0) is 10.0. The summed E-state index contributed by atoms with van der Waals surface area (Å²) in [5.41, 5.74) is 0. The van der Waals surface area contributed by atoms with Gasteiger partial charge in [-0.15, -0.1) is 0 Å². The fourth-order valence-electron chi connectivity index (χ4n) is 2.26. The minimum absolute atomic E-state index is 0.295. The van der Waals surface area contributed by atoms with Crippen molar-refractivity contribution in [2.45, 2.75) is 52.3 Å². The first-order chi connectivity index (χ1) is 6.07. The zero-order valence-corrected chi connectivity index (χ0v) is 9.33. The van der Waals surface area contributed by atoms with Gasteiger partial charge in [0.25, 0.3) is 0 Å². The van der Waals surface area contributed by atoms with Crippen LogP contribution in [0.25, 0.3) is 0 Å². The Kier molecular flexibility index (Phi) is 3.74. The van der Waals surface area contributed by atoms with Gasteiger partial charge in [-0.2, -0.15) is 0 Å². The molecule has 4 unspecified atom stereocenters. The minimum atomic E-state index is -0.295. The molecule has 78 valence electrons. The Morgan fingerprint density at radius 3 is 2.31 bits per heavy atom. The van der Waals surface area contributed by atoms with Gasteiger partial charge in [0.15, 0.2) is 0 Å². The third-order valence-corrected chi connectivity index (χ3v) is 3.78. The molecular weight excluding hydrogens is 162 g/mol. The topological polar surface area (TPSA) is 23.5 Å². The van der Waals surface area contributed by atoms with E-state index in [1.807, 2.05) is 14.0 Å². The molecule has 1 rings (SSSR count). The smallest absolute Gasteiger partial charge is 0.104 e. The van der Waals surface area contributed by atoms with E-state index in [0.29, 0.717) is 6.04 Å². The van der Waals surface area contributed by atoms with E-state index in [4.69, 9.17) is 0 Å². The van der Waals surface area contributed by atoms with Gasteiger partial charge in [-0.3, -0.25) is 4.90 Å². The lowest BCUT2D eigenvalue weighted by molar-refractivity contribution is -0.0546. The van der Waals surface area contributed by atoms with Crippen LogP contribution in [0.15, 0.2) is 0 Å². The van der Waals surface area contributed by atoms with Gasteiger partial charge in [0, 0.05) is 6.04 Å². The zero-order valence-electron chi connectivity index (χ0n) is 9.33. The number of hydrogen-bond acceptors (Lipinski definition) is 2. The molecule has 0 radical (unpaired) electrons. The molecule has 0 saturated heterocycles. The molecular formula is C11H23NO. The molecule has 1 aliphatic carbocycles. The van der Waals surface area contributed by atoms with Gasteiger partial charge >= 0.3 is 0 Å². The van der Waals surface area contributed by atoms with Crippen LogP contribution in [-0.4, -0.2) is 29.3 Å².